The molecule has 2 bridgehead atoms. The van der Waals surface area contributed by atoms with Gasteiger partial charge >= 0.3 is 0 Å². The highest BCUT2D eigenvalue weighted by Gasteiger charge is 2.73. The Hall–Kier alpha value is -1.79. The van der Waals surface area contributed by atoms with Crippen LogP contribution in [0.15, 0.2) is 12.1 Å². The SMILES string of the molecule is CCC1CCN([C@H]2CC[C@@]3(O)[C@H]4Cc5ccc(O)c6c5[C@@]3(CCN4CC3CC3)[C@H]2O6)C1=O. The number of amides is 1. The van der Waals surface area contributed by atoms with Crippen LogP contribution in [0.5, 0.6) is 11.5 Å². The Morgan fingerprint density at radius 3 is 2.75 bits per heavy atom. The molecule has 32 heavy (non-hydrogen) atoms. The van der Waals surface area contributed by atoms with E-state index in [4.69, 9.17) is 4.74 Å². The minimum atomic E-state index is -0.875. The van der Waals surface area contributed by atoms with Crippen molar-refractivity contribution in [1.82, 2.24) is 9.80 Å². The fourth-order valence-corrected chi connectivity index (χ4v) is 8.25. The standard InChI is InChI=1S/C26H34N2O4/c1-2-16-8-11-28(24(16)30)18-7-9-26(31)20-13-17-5-6-19(29)22-21(17)25(26,23(18)32-22)10-12-27(20)14-15-3-4-15/h5-6,15-16,18,20,23,29,31H,2-4,7-14H2,1H3/t16?,18-,20+,23-,25-,26+/m0/s1. The summed E-state index contributed by atoms with van der Waals surface area (Å²) >= 11 is 0. The maximum absolute atomic E-state index is 13.2. The van der Waals surface area contributed by atoms with Crippen LogP contribution in [0.3, 0.4) is 0 Å². The molecule has 0 radical (unpaired) electrons. The third-order valence-corrected chi connectivity index (χ3v) is 9.98. The summed E-state index contributed by atoms with van der Waals surface area (Å²) in [5.74, 6) is 1.89. The third-order valence-electron chi connectivity index (χ3n) is 9.98. The average Bonchev–Trinajstić information content (AvgIpc) is 3.41. The summed E-state index contributed by atoms with van der Waals surface area (Å²) in [7, 11) is 0. The molecule has 6 atom stereocenters. The molecule has 3 aliphatic carbocycles. The number of phenols is 1. The van der Waals surface area contributed by atoms with Crippen molar-refractivity contribution in [1.29, 1.82) is 0 Å². The Balaban J connectivity index is 1.35. The summed E-state index contributed by atoms with van der Waals surface area (Å²) in [5, 5.41) is 23.3. The summed E-state index contributed by atoms with van der Waals surface area (Å²) in [4.78, 5) is 17.8. The second-order valence-corrected chi connectivity index (χ2v) is 11.3. The molecular formula is C26H34N2O4. The van der Waals surface area contributed by atoms with Gasteiger partial charge in [-0.15, -0.1) is 0 Å². The zero-order valence-corrected chi connectivity index (χ0v) is 18.9. The number of likely N-dealkylation sites (tertiary alicyclic amines) is 2. The normalized spacial score (nSPS) is 42.2. The molecule has 3 heterocycles. The van der Waals surface area contributed by atoms with Gasteiger partial charge in [0.25, 0.3) is 0 Å². The molecule has 4 fully saturated rings. The molecule has 3 aliphatic heterocycles. The molecule has 1 unspecified atom stereocenters. The first-order valence-electron chi connectivity index (χ1n) is 12.8. The van der Waals surface area contributed by atoms with Gasteiger partial charge in [-0.1, -0.05) is 13.0 Å². The highest BCUT2D eigenvalue weighted by atomic mass is 16.5. The van der Waals surface area contributed by atoms with Crippen molar-refractivity contribution in [3.8, 4) is 11.5 Å². The highest BCUT2D eigenvalue weighted by Crippen LogP contribution is 2.66. The number of carbonyl (C=O) groups is 1. The van der Waals surface area contributed by atoms with Crippen LogP contribution in [0.1, 0.15) is 63.0 Å². The maximum Gasteiger partial charge on any atom is 0.226 e. The van der Waals surface area contributed by atoms with Gasteiger partial charge < -0.3 is 19.8 Å². The van der Waals surface area contributed by atoms with Crippen molar-refractivity contribution in [3.63, 3.8) is 0 Å². The second kappa shape index (κ2) is 6.41. The van der Waals surface area contributed by atoms with Gasteiger partial charge in [-0.3, -0.25) is 9.69 Å². The van der Waals surface area contributed by atoms with Crippen molar-refractivity contribution < 1.29 is 19.7 Å². The minimum Gasteiger partial charge on any atom is -0.504 e. The average molecular weight is 439 g/mol. The molecule has 6 aliphatic rings. The van der Waals surface area contributed by atoms with Crippen LogP contribution < -0.4 is 4.74 Å². The molecule has 1 aromatic rings. The summed E-state index contributed by atoms with van der Waals surface area (Å²) in [6, 6.07) is 3.86. The van der Waals surface area contributed by atoms with Gasteiger partial charge in [0.15, 0.2) is 11.5 Å². The molecule has 2 saturated heterocycles. The quantitative estimate of drug-likeness (QED) is 0.756. The summed E-state index contributed by atoms with van der Waals surface area (Å²) in [6.07, 6.45) is 7.24. The number of rotatable bonds is 4. The predicted molar refractivity (Wildman–Crippen MR) is 119 cm³/mol. The predicted octanol–water partition coefficient (Wildman–Crippen LogP) is 2.58. The number of aliphatic hydroxyl groups is 1. The second-order valence-electron chi connectivity index (χ2n) is 11.3. The zero-order chi connectivity index (χ0) is 21.8. The number of hydrogen-bond donors (Lipinski definition) is 2. The monoisotopic (exact) mass is 438 g/mol. The smallest absolute Gasteiger partial charge is 0.226 e. The van der Waals surface area contributed by atoms with E-state index in [9.17, 15) is 15.0 Å². The van der Waals surface area contributed by atoms with Crippen LogP contribution in [-0.4, -0.2) is 69.3 Å². The molecule has 6 heteroatoms. The molecular weight excluding hydrogens is 404 g/mol. The van der Waals surface area contributed by atoms with E-state index in [0.717, 1.165) is 63.2 Å². The van der Waals surface area contributed by atoms with E-state index in [1.807, 2.05) is 6.07 Å². The number of hydrogen-bond acceptors (Lipinski definition) is 5. The molecule has 1 amide bonds. The number of ether oxygens (including phenoxy) is 1. The number of benzene rings is 1. The van der Waals surface area contributed by atoms with Crippen molar-refractivity contribution in [2.45, 2.75) is 87.5 Å². The lowest BCUT2D eigenvalue weighted by Crippen LogP contribution is -2.78. The van der Waals surface area contributed by atoms with E-state index < -0.39 is 11.0 Å². The van der Waals surface area contributed by atoms with Crippen molar-refractivity contribution in [2.75, 3.05) is 19.6 Å². The van der Waals surface area contributed by atoms with E-state index in [-0.39, 0.29) is 35.8 Å². The first kappa shape index (κ1) is 19.7. The Bertz CT molecular complexity index is 992. The highest BCUT2D eigenvalue weighted by molar-refractivity contribution is 5.81. The van der Waals surface area contributed by atoms with Crippen molar-refractivity contribution in [3.05, 3.63) is 23.3 Å². The van der Waals surface area contributed by atoms with Gasteiger partial charge in [-0.2, -0.15) is 0 Å². The number of phenolic OH excluding ortho intramolecular Hbond substituents is 1. The van der Waals surface area contributed by atoms with Crippen LogP contribution in [0.4, 0.5) is 0 Å². The lowest BCUT2D eigenvalue weighted by Gasteiger charge is -2.64. The molecule has 0 aromatic heterocycles. The van der Waals surface area contributed by atoms with Crippen molar-refractivity contribution >= 4 is 5.91 Å². The fourth-order valence-electron chi connectivity index (χ4n) is 8.25. The Morgan fingerprint density at radius 2 is 2.00 bits per heavy atom. The van der Waals surface area contributed by atoms with Crippen LogP contribution >= 0.6 is 0 Å². The lowest BCUT2D eigenvalue weighted by atomic mass is 9.48. The summed E-state index contributed by atoms with van der Waals surface area (Å²) in [5.41, 5.74) is 0.860. The molecule has 7 rings (SSSR count). The van der Waals surface area contributed by atoms with Gasteiger partial charge in [0.1, 0.15) is 6.10 Å². The Labute approximate surface area is 189 Å². The van der Waals surface area contributed by atoms with Gasteiger partial charge in [-0.05, 0) is 75.5 Å². The number of nitrogens with zero attached hydrogens (tertiary/aromatic N) is 2. The van der Waals surface area contributed by atoms with E-state index in [2.05, 4.69) is 16.7 Å². The van der Waals surface area contributed by atoms with E-state index in [1.54, 1.807) is 6.07 Å². The van der Waals surface area contributed by atoms with E-state index in [1.165, 1.54) is 18.4 Å². The Kier molecular flexibility index (Phi) is 3.94. The Morgan fingerprint density at radius 1 is 1.16 bits per heavy atom. The molecule has 2 saturated carbocycles. The lowest BCUT2D eigenvalue weighted by molar-refractivity contribution is -0.200. The van der Waals surface area contributed by atoms with Gasteiger partial charge in [0, 0.05) is 30.6 Å². The van der Waals surface area contributed by atoms with Crippen LogP contribution in [-0.2, 0) is 16.6 Å². The van der Waals surface area contributed by atoms with Crippen LogP contribution in [0, 0.1) is 11.8 Å². The number of piperidine rings is 1. The van der Waals surface area contributed by atoms with Crippen molar-refractivity contribution in [2.24, 2.45) is 11.8 Å². The van der Waals surface area contributed by atoms with E-state index in [0.29, 0.717) is 12.2 Å². The molecule has 172 valence electrons. The molecule has 1 aromatic carbocycles. The number of carbonyl (C=O) groups excluding carboxylic acids is 1. The van der Waals surface area contributed by atoms with Gasteiger partial charge in [0.2, 0.25) is 5.91 Å². The first-order chi connectivity index (χ1) is 15.5. The maximum atomic E-state index is 13.2. The topological polar surface area (TPSA) is 73.2 Å². The molecule has 1 spiro atoms. The zero-order valence-electron chi connectivity index (χ0n) is 18.9. The summed E-state index contributed by atoms with van der Waals surface area (Å²) in [6.45, 7) is 4.91. The summed E-state index contributed by atoms with van der Waals surface area (Å²) < 4.78 is 6.62. The fraction of sp³-hybridized carbons (Fsp3) is 0.731. The largest absolute Gasteiger partial charge is 0.504 e. The molecule has 2 N–H and O–H groups in total. The minimum absolute atomic E-state index is 0.0345. The molecule has 6 nitrogen and oxygen atoms in total. The number of aromatic hydroxyl groups is 1. The van der Waals surface area contributed by atoms with Gasteiger partial charge in [0.05, 0.1) is 17.1 Å². The van der Waals surface area contributed by atoms with E-state index >= 15 is 0 Å². The van der Waals surface area contributed by atoms with Crippen LogP contribution in [0.25, 0.3) is 0 Å². The van der Waals surface area contributed by atoms with Crippen LogP contribution in [0.2, 0.25) is 0 Å². The first-order valence-corrected chi connectivity index (χ1v) is 12.8. The third kappa shape index (κ3) is 2.26. The van der Waals surface area contributed by atoms with Gasteiger partial charge in [-0.25, -0.2) is 0 Å².